The summed E-state index contributed by atoms with van der Waals surface area (Å²) in [6, 6.07) is 1.18. The fourth-order valence-electron chi connectivity index (χ4n) is 10.7. The number of anilines is 1. The molecular formula is C61H80N14O17S. The molecule has 15 N–H and O–H groups in total. The van der Waals surface area contributed by atoms with Crippen LogP contribution in [0.4, 0.5) is 5.69 Å². The van der Waals surface area contributed by atoms with Gasteiger partial charge in [0.2, 0.25) is 70.9 Å². The average Bonchev–Trinajstić information content (AvgIpc) is 1.70. The van der Waals surface area contributed by atoms with Crippen LogP contribution in [0, 0.1) is 17.8 Å². The predicted molar refractivity (Wildman–Crippen MR) is 333 cm³/mol. The van der Waals surface area contributed by atoms with Gasteiger partial charge in [0.1, 0.15) is 48.3 Å². The van der Waals surface area contributed by atoms with Gasteiger partial charge in [-0.3, -0.25) is 72.0 Å². The molecule has 32 heteroatoms. The maximum absolute atomic E-state index is 15.0. The van der Waals surface area contributed by atoms with Gasteiger partial charge in [0.15, 0.2) is 0 Å². The molecule has 93 heavy (non-hydrogen) atoms. The fourth-order valence-corrected chi connectivity index (χ4v) is 11.9. The minimum absolute atomic E-state index is 0.190. The van der Waals surface area contributed by atoms with Crippen molar-refractivity contribution in [3.63, 3.8) is 0 Å². The molecule has 0 radical (unpaired) electrons. The maximum atomic E-state index is 15.0. The lowest BCUT2D eigenvalue weighted by Gasteiger charge is -2.33. The molecule has 0 spiro atoms. The van der Waals surface area contributed by atoms with Crippen molar-refractivity contribution in [3.8, 4) is 0 Å². The molecule has 0 saturated carbocycles. The number of para-hydroxylation sites is 1. The second-order valence-electron chi connectivity index (χ2n) is 23.7. The first-order valence-corrected chi connectivity index (χ1v) is 31.5. The summed E-state index contributed by atoms with van der Waals surface area (Å²) in [6.45, 7) is 6.32. The number of nitrogens with zero attached hydrogens (tertiary/aromatic N) is 2. The van der Waals surface area contributed by atoms with Crippen LogP contribution in [0.1, 0.15) is 78.4 Å². The van der Waals surface area contributed by atoms with Crippen LogP contribution in [0.25, 0.3) is 10.9 Å². The Morgan fingerprint density at radius 1 is 0.720 bits per heavy atom. The lowest BCUT2D eigenvalue weighted by molar-refractivity contribution is -0.144. The first-order chi connectivity index (χ1) is 44.2. The Morgan fingerprint density at radius 3 is 2.05 bits per heavy atom. The summed E-state index contributed by atoms with van der Waals surface area (Å²) in [7, 11) is 0. The Hall–Kier alpha value is -9.27. The van der Waals surface area contributed by atoms with Crippen molar-refractivity contribution in [3.05, 3.63) is 71.8 Å². The standard InChI is InChI=1S/C61H80N14O17S/c1-7-30(4)51-57(89)64-24-46(81)67-41-28-93-60-37(36-10-8-9-11-38(36)70-60)21-39(54(86)63-25-47(82)72-51)68-59(91)52(31(5)43(78)27-76)73-56(88)42-20-35(77)26-75(42)61(92)40(69-55(41)87)22-45(80)62-23-33-12-14-34(15-13-33)66-53(85)32(6)65-58(90)50(29(2)3)71-44(79)18-19-74-48(83)16-17-49(74)84/h8-17,29-32,35,39-43,50-52,70,76-78H,7,18-28H2,1-6H3,(H,62,80)(H,63,86)(H,64,89)(H,65,90)(H,66,85)(H,67,81)(H,68,91)(H,69,87)(H,71,79)(H,72,82)(H,73,88)/t30-,31-,32-,35+,39-,40-,41-,42-,43-,50-,51-,52-/m0/s1. The van der Waals surface area contributed by atoms with Crippen LogP contribution in [0.2, 0.25) is 0 Å². The number of benzene rings is 2. The third kappa shape index (κ3) is 18.7. The van der Waals surface area contributed by atoms with E-state index < -0.39 is 200 Å². The highest BCUT2D eigenvalue weighted by molar-refractivity contribution is 7.99. The number of rotatable bonds is 18. The number of hydrogen-bond acceptors (Lipinski definition) is 18. The molecule has 3 aromatic rings. The predicted octanol–water partition coefficient (Wildman–Crippen LogP) is -3.91. The van der Waals surface area contributed by atoms with E-state index in [0.29, 0.717) is 33.5 Å². The number of carbonyl (C=O) groups is 14. The summed E-state index contributed by atoms with van der Waals surface area (Å²) in [6.07, 6.45) is -2.30. The van der Waals surface area contributed by atoms with Gasteiger partial charge in [0.25, 0.3) is 11.8 Å². The lowest BCUT2D eigenvalue weighted by atomic mass is 9.93. The van der Waals surface area contributed by atoms with Gasteiger partial charge >= 0.3 is 0 Å². The van der Waals surface area contributed by atoms with Crippen molar-refractivity contribution in [2.45, 2.75) is 146 Å². The number of aliphatic hydroxyl groups is 3. The second-order valence-corrected chi connectivity index (χ2v) is 24.7. The molecule has 31 nitrogen and oxygen atoms in total. The van der Waals surface area contributed by atoms with E-state index in [2.05, 4.69) is 63.5 Å². The van der Waals surface area contributed by atoms with Crippen molar-refractivity contribution in [1.29, 1.82) is 0 Å². The van der Waals surface area contributed by atoms with Gasteiger partial charge in [-0.05, 0) is 48.1 Å². The number of thioether (sulfide) groups is 1. The number of imide groups is 1. The Bertz CT molecular complexity index is 3380. The van der Waals surface area contributed by atoms with Crippen LogP contribution in [0.15, 0.2) is 65.7 Å². The van der Waals surface area contributed by atoms with Crippen LogP contribution in [0.3, 0.4) is 0 Å². The molecule has 4 aliphatic heterocycles. The van der Waals surface area contributed by atoms with Gasteiger partial charge < -0.3 is 83.7 Å². The highest BCUT2D eigenvalue weighted by Crippen LogP contribution is 2.32. The zero-order valence-corrected chi connectivity index (χ0v) is 52.9. The largest absolute Gasteiger partial charge is 0.394 e. The Morgan fingerprint density at radius 2 is 1.39 bits per heavy atom. The molecule has 0 unspecified atom stereocenters. The van der Waals surface area contributed by atoms with Crippen LogP contribution in [0.5, 0.6) is 0 Å². The summed E-state index contributed by atoms with van der Waals surface area (Å²) >= 11 is 0.989. The van der Waals surface area contributed by atoms with Crippen molar-refractivity contribution in [2.24, 2.45) is 17.8 Å². The molecule has 1 aromatic heterocycles. The van der Waals surface area contributed by atoms with E-state index in [1.165, 1.54) is 26.0 Å². The van der Waals surface area contributed by atoms with Crippen LogP contribution < -0.4 is 58.5 Å². The van der Waals surface area contributed by atoms with E-state index in [-0.39, 0.29) is 37.4 Å². The second kappa shape index (κ2) is 32.3. The number of fused-ring (bicyclic) bond motifs is 5. The Kier molecular flexibility index (Phi) is 24.7. The molecule has 0 aliphatic carbocycles. The molecule has 2 aromatic carbocycles. The fraction of sp³-hybridized carbons (Fsp3) is 0.508. The third-order valence-electron chi connectivity index (χ3n) is 16.5. The number of hydrogen-bond donors (Lipinski definition) is 15. The lowest BCUT2D eigenvalue weighted by Crippen LogP contribution is -2.62. The molecule has 1 fully saturated rings. The van der Waals surface area contributed by atoms with Crippen molar-refractivity contribution >= 4 is 111 Å². The Labute approximate surface area is 538 Å². The Balaban J connectivity index is 1.14. The van der Waals surface area contributed by atoms with Gasteiger partial charge in [-0.1, -0.05) is 71.4 Å². The molecule has 2 bridgehead atoms. The molecule has 502 valence electrons. The minimum Gasteiger partial charge on any atom is -0.394 e. The summed E-state index contributed by atoms with van der Waals surface area (Å²) in [4.78, 5) is 197. The molecule has 7 rings (SSSR count). The van der Waals surface area contributed by atoms with E-state index in [1.54, 1.807) is 64.1 Å². The summed E-state index contributed by atoms with van der Waals surface area (Å²) < 4.78 is 0. The third-order valence-corrected chi connectivity index (χ3v) is 17.6. The molecule has 1 saturated heterocycles. The molecule has 5 heterocycles. The summed E-state index contributed by atoms with van der Waals surface area (Å²) in [5.74, 6) is -14.0. The first-order valence-electron chi connectivity index (χ1n) is 30.5. The monoisotopic (exact) mass is 1310 g/mol. The van der Waals surface area contributed by atoms with Crippen molar-refractivity contribution in [1.82, 2.24) is 68.0 Å². The molecule has 14 amide bonds. The number of aromatic amines is 1. The van der Waals surface area contributed by atoms with E-state index in [0.717, 1.165) is 33.7 Å². The van der Waals surface area contributed by atoms with E-state index in [4.69, 9.17) is 0 Å². The summed E-state index contributed by atoms with van der Waals surface area (Å²) in [5.41, 5.74) is 1.68. The molecule has 12 atom stereocenters. The highest BCUT2D eigenvalue weighted by Gasteiger charge is 2.45. The van der Waals surface area contributed by atoms with Crippen molar-refractivity contribution in [2.75, 3.05) is 43.9 Å². The zero-order chi connectivity index (χ0) is 68.0. The maximum Gasteiger partial charge on any atom is 0.253 e. The van der Waals surface area contributed by atoms with E-state index in [1.807, 2.05) is 0 Å². The quantitative estimate of drug-likeness (QED) is 0.0541. The van der Waals surface area contributed by atoms with Crippen molar-refractivity contribution < 1.29 is 82.4 Å². The molecule has 4 aliphatic rings. The van der Waals surface area contributed by atoms with Gasteiger partial charge in [-0.25, -0.2) is 0 Å². The minimum atomic E-state index is -1.84. The topological polar surface area (TPSA) is 454 Å². The van der Waals surface area contributed by atoms with Crippen LogP contribution in [-0.4, -0.2) is 212 Å². The van der Waals surface area contributed by atoms with Gasteiger partial charge in [0, 0.05) is 79.3 Å². The average molecular weight is 1310 g/mol. The normalized spacial score (nSPS) is 23.7. The number of H-pyrrole nitrogens is 1. The number of carbonyl (C=O) groups excluding carboxylic acids is 14. The number of nitrogens with one attached hydrogen (secondary N) is 12. The van der Waals surface area contributed by atoms with Gasteiger partial charge in [-0.15, -0.1) is 11.8 Å². The van der Waals surface area contributed by atoms with Gasteiger partial charge in [-0.2, -0.15) is 0 Å². The first kappa shape index (κ1) is 71.2. The highest BCUT2D eigenvalue weighted by atomic mass is 32.2. The van der Waals surface area contributed by atoms with Crippen LogP contribution >= 0.6 is 11.8 Å². The number of aliphatic hydroxyl groups excluding tert-OH is 3. The zero-order valence-electron chi connectivity index (χ0n) is 52.1. The summed E-state index contributed by atoms with van der Waals surface area (Å²) in [5, 5.41) is 61.5. The SMILES string of the molecule is CC[C@H](C)[C@@H]1NC(=O)CNC(=O)[C@@H]2Cc3c([nH]c4ccccc34)SC[C@H](NC(=O)CNC1=O)C(=O)N[C@@H](CC(=O)NCc1ccc(NC(=O)[C@H](C)NC(=O)[C@@H](NC(=O)CCN3C(=O)C=CC3=O)C(C)C)cc1)C(=O)N1C[C@H](O)C[C@H]1C(=O)N[C@@H]([C@@H](C)[C@@H](O)CO)C(=O)N2. The smallest absolute Gasteiger partial charge is 0.253 e. The van der Waals surface area contributed by atoms with Gasteiger partial charge in [0.05, 0.1) is 43.4 Å². The van der Waals surface area contributed by atoms with E-state index in [9.17, 15) is 77.6 Å². The number of aromatic nitrogens is 1. The number of amides is 14. The van der Waals surface area contributed by atoms with Crippen LogP contribution in [-0.2, 0) is 80.1 Å². The van der Waals surface area contributed by atoms with E-state index >= 15 is 4.79 Å². The molecular weight excluding hydrogens is 1230 g/mol.